The fraction of sp³-hybridized carbons (Fsp3) is 0.368. The first-order valence-corrected chi connectivity index (χ1v) is 7.65. The minimum absolute atomic E-state index is 0.754. The molecule has 0 saturated carbocycles. The quantitative estimate of drug-likeness (QED) is 0.796. The molecular weight excluding hydrogens is 242 g/mol. The van der Waals surface area contributed by atoms with E-state index in [2.05, 4.69) is 66.4 Å². The van der Waals surface area contributed by atoms with Crippen LogP contribution in [-0.2, 0) is 6.54 Å². The lowest BCUT2D eigenvalue weighted by Gasteiger charge is -2.32. The largest absolute Gasteiger partial charge is 0.299 e. The number of hydrogen-bond donors (Lipinski definition) is 0. The summed E-state index contributed by atoms with van der Waals surface area (Å²) in [4.78, 5) is 2.60. The van der Waals surface area contributed by atoms with Crippen molar-refractivity contribution in [3.63, 3.8) is 0 Å². The lowest BCUT2D eigenvalue weighted by Crippen LogP contribution is -2.32. The van der Waals surface area contributed by atoms with Crippen molar-refractivity contribution in [1.82, 2.24) is 4.90 Å². The maximum Gasteiger partial charge on any atom is 0.0236 e. The molecule has 0 spiro atoms. The molecule has 1 aliphatic rings. The van der Waals surface area contributed by atoms with Crippen molar-refractivity contribution in [2.24, 2.45) is 0 Å². The first-order chi connectivity index (χ1) is 9.83. The van der Waals surface area contributed by atoms with Crippen LogP contribution in [0.1, 0.15) is 35.4 Å². The van der Waals surface area contributed by atoms with Crippen LogP contribution in [0, 0.1) is 6.92 Å². The van der Waals surface area contributed by atoms with Gasteiger partial charge in [-0.05, 0) is 55.5 Å². The first kappa shape index (κ1) is 13.4. The predicted octanol–water partition coefficient (Wildman–Crippen LogP) is 4.37. The molecule has 3 rings (SSSR count). The summed E-state index contributed by atoms with van der Waals surface area (Å²) in [6, 6.07) is 19.7. The van der Waals surface area contributed by atoms with E-state index in [0.717, 1.165) is 12.5 Å². The van der Waals surface area contributed by atoms with Crippen molar-refractivity contribution in [1.29, 1.82) is 0 Å². The summed E-state index contributed by atoms with van der Waals surface area (Å²) in [7, 11) is 0. The first-order valence-electron chi connectivity index (χ1n) is 7.65. The summed E-state index contributed by atoms with van der Waals surface area (Å²) < 4.78 is 0. The average molecular weight is 265 g/mol. The Morgan fingerprint density at radius 1 is 0.900 bits per heavy atom. The summed E-state index contributed by atoms with van der Waals surface area (Å²) in [5, 5.41) is 0. The number of rotatable bonds is 3. The van der Waals surface area contributed by atoms with Crippen LogP contribution in [-0.4, -0.2) is 18.0 Å². The Balaban J connectivity index is 1.58. The smallest absolute Gasteiger partial charge is 0.0236 e. The highest BCUT2D eigenvalue weighted by Crippen LogP contribution is 2.28. The maximum absolute atomic E-state index is 2.60. The molecular formula is C19H23N. The zero-order valence-corrected chi connectivity index (χ0v) is 12.3. The van der Waals surface area contributed by atoms with E-state index in [4.69, 9.17) is 0 Å². The Labute approximate surface area is 122 Å². The van der Waals surface area contributed by atoms with Gasteiger partial charge in [0, 0.05) is 6.54 Å². The van der Waals surface area contributed by atoms with Crippen LogP contribution in [0.2, 0.25) is 0 Å². The molecule has 0 aliphatic carbocycles. The van der Waals surface area contributed by atoms with Crippen molar-refractivity contribution in [2.45, 2.75) is 32.2 Å². The third kappa shape index (κ3) is 3.10. The van der Waals surface area contributed by atoms with E-state index in [0.29, 0.717) is 0 Å². The third-order valence-corrected chi connectivity index (χ3v) is 4.51. The molecule has 1 nitrogen and oxygen atoms in total. The van der Waals surface area contributed by atoms with Gasteiger partial charge in [-0.3, -0.25) is 4.90 Å². The molecule has 0 atom stereocenters. The molecule has 2 aromatic carbocycles. The highest BCUT2D eigenvalue weighted by molar-refractivity contribution is 5.25. The van der Waals surface area contributed by atoms with E-state index in [1.54, 1.807) is 0 Å². The summed E-state index contributed by atoms with van der Waals surface area (Å²) in [5.74, 6) is 0.754. The average Bonchev–Trinajstić information content (AvgIpc) is 2.51. The van der Waals surface area contributed by atoms with Crippen LogP contribution >= 0.6 is 0 Å². The SMILES string of the molecule is Cc1ccccc1CN1CCC(c2ccccc2)CC1. The summed E-state index contributed by atoms with van der Waals surface area (Å²) >= 11 is 0. The van der Waals surface area contributed by atoms with Crippen molar-refractivity contribution >= 4 is 0 Å². The summed E-state index contributed by atoms with van der Waals surface area (Å²) in [6.45, 7) is 5.75. The van der Waals surface area contributed by atoms with E-state index < -0.39 is 0 Å². The number of aryl methyl sites for hydroxylation is 1. The van der Waals surface area contributed by atoms with Gasteiger partial charge in [0.2, 0.25) is 0 Å². The molecule has 104 valence electrons. The number of hydrogen-bond acceptors (Lipinski definition) is 1. The van der Waals surface area contributed by atoms with E-state index in [-0.39, 0.29) is 0 Å². The molecule has 20 heavy (non-hydrogen) atoms. The van der Waals surface area contributed by atoms with Gasteiger partial charge >= 0.3 is 0 Å². The molecule has 1 heteroatoms. The molecule has 1 heterocycles. The van der Waals surface area contributed by atoms with Crippen LogP contribution in [0.5, 0.6) is 0 Å². The molecule has 1 saturated heterocycles. The lowest BCUT2D eigenvalue weighted by atomic mass is 9.89. The second-order valence-electron chi connectivity index (χ2n) is 5.89. The van der Waals surface area contributed by atoms with Crippen LogP contribution in [0.25, 0.3) is 0 Å². The summed E-state index contributed by atoms with van der Waals surface area (Å²) in [6.07, 6.45) is 2.58. The Bertz CT molecular complexity index is 539. The van der Waals surface area contributed by atoms with Gasteiger partial charge in [-0.15, -0.1) is 0 Å². The molecule has 1 fully saturated rings. The molecule has 0 unspecified atom stereocenters. The van der Waals surface area contributed by atoms with Crippen molar-refractivity contribution in [2.75, 3.05) is 13.1 Å². The molecule has 0 bridgehead atoms. The van der Waals surface area contributed by atoms with Crippen molar-refractivity contribution in [3.05, 3.63) is 71.3 Å². The maximum atomic E-state index is 2.60. The monoisotopic (exact) mass is 265 g/mol. The highest BCUT2D eigenvalue weighted by atomic mass is 15.1. The highest BCUT2D eigenvalue weighted by Gasteiger charge is 2.20. The number of benzene rings is 2. The number of nitrogens with zero attached hydrogens (tertiary/aromatic N) is 1. The summed E-state index contributed by atoms with van der Waals surface area (Å²) in [5.41, 5.74) is 4.41. The molecule has 1 aliphatic heterocycles. The van der Waals surface area contributed by atoms with E-state index in [1.807, 2.05) is 0 Å². The van der Waals surface area contributed by atoms with Gasteiger partial charge in [0.25, 0.3) is 0 Å². The minimum atomic E-state index is 0.754. The van der Waals surface area contributed by atoms with Crippen LogP contribution < -0.4 is 0 Å². The molecule has 0 amide bonds. The van der Waals surface area contributed by atoms with Crippen LogP contribution in [0.15, 0.2) is 54.6 Å². The molecule has 0 radical (unpaired) electrons. The van der Waals surface area contributed by atoms with E-state index in [1.165, 1.54) is 42.6 Å². The standard InChI is InChI=1S/C19H23N/c1-16-7-5-6-10-19(16)15-20-13-11-18(12-14-20)17-8-3-2-4-9-17/h2-10,18H,11-15H2,1H3. The van der Waals surface area contributed by atoms with Crippen LogP contribution in [0.4, 0.5) is 0 Å². The van der Waals surface area contributed by atoms with Crippen molar-refractivity contribution in [3.8, 4) is 0 Å². The van der Waals surface area contributed by atoms with Gasteiger partial charge < -0.3 is 0 Å². The van der Waals surface area contributed by atoms with Gasteiger partial charge in [0.15, 0.2) is 0 Å². The van der Waals surface area contributed by atoms with E-state index >= 15 is 0 Å². The molecule has 0 N–H and O–H groups in total. The topological polar surface area (TPSA) is 3.24 Å². The predicted molar refractivity (Wildman–Crippen MR) is 84.9 cm³/mol. The normalized spacial score (nSPS) is 17.2. The Hall–Kier alpha value is -1.60. The van der Waals surface area contributed by atoms with E-state index in [9.17, 15) is 0 Å². The van der Waals surface area contributed by atoms with Gasteiger partial charge in [-0.25, -0.2) is 0 Å². The van der Waals surface area contributed by atoms with Crippen LogP contribution in [0.3, 0.4) is 0 Å². The zero-order valence-electron chi connectivity index (χ0n) is 12.3. The molecule has 0 aromatic heterocycles. The number of likely N-dealkylation sites (tertiary alicyclic amines) is 1. The zero-order chi connectivity index (χ0) is 13.8. The second kappa shape index (κ2) is 6.23. The molecule has 2 aromatic rings. The van der Waals surface area contributed by atoms with Gasteiger partial charge in [-0.2, -0.15) is 0 Å². The number of piperidine rings is 1. The van der Waals surface area contributed by atoms with Gasteiger partial charge in [-0.1, -0.05) is 54.6 Å². The Morgan fingerprint density at radius 3 is 2.25 bits per heavy atom. The Kier molecular flexibility index (Phi) is 4.17. The fourth-order valence-electron chi connectivity index (χ4n) is 3.18. The third-order valence-electron chi connectivity index (χ3n) is 4.51. The minimum Gasteiger partial charge on any atom is -0.299 e. The van der Waals surface area contributed by atoms with Gasteiger partial charge in [0.05, 0.1) is 0 Å². The van der Waals surface area contributed by atoms with Gasteiger partial charge in [0.1, 0.15) is 0 Å². The van der Waals surface area contributed by atoms with Crippen molar-refractivity contribution < 1.29 is 0 Å². The fourth-order valence-corrected chi connectivity index (χ4v) is 3.18. The Morgan fingerprint density at radius 2 is 1.55 bits per heavy atom. The second-order valence-corrected chi connectivity index (χ2v) is 5.89. The lowest BCUT2D eigenvalue weighted by molar-refractivity contribution is 0.204.